The smallest absolute Gasteiger partial charge is 0.215 e. The Balaban J connectivity index is 0.000000209. The van der Waals surface area contributed by atoms with Gasteiger partial charge in [0.05, 0.1) is 5.56 Å². The molecule has 0 amide bonds. The molecule has 0 atom stereocenters. The molecular formula is C19H23F2N3O2. The summed E-state index contributed by atoms with van der Waals surface area (Å²) >= 11 is 0. The summed E-state index contributed by atoms with van der Waals surface area (Å²) in [6, 6.07) is 9.08. The Kier molecular flexibility index (Phi) is 7.47. The molecule has 0 radical (unpaired) electrons. The van der Waals surface area contributed by atoms with Crippen LogP contribution >= 0.6 is 0 Å². The first-order valence-corrected chi connectivity index (χ1v) is 8.42. The minimum atomic E-state index is -0.824. The minimum absolute atomic E-state index is 0.157. The topological polar surface area (TPSA) is 54.5 Å². The van der Waals surface area contributed by atoms with Gasteiger partial charge in [-0.25, -0.2) is 8.78 Å². The van der Waals surface area contributed by atoms with Crippen LogP contribution in [0, 0.1) is 11.6 Å². The highest BCUT2D eigenvalue weighted by molar-refractivity contribution is 5.75. The fraction of sp³-hybridized carbons (Fsp3) is 0.368. The number of halogens is 2. The Morgan fingerprint density at radius 1 is 1.15 bits per heavy atom. The summed E-state index contributed by atoms with van der Waals surface area (Å²) in [6.45, 7) is 2.22. The molecule has 140 valence electrons. The van der Waals surface area contributed by atoms with E-state index in [9.17, 15) is 13.6 Å². The van der Waals surface area contributed by atoms with Gasteiger partial charge >= 0.3 is 0 Å². The number of aromatic nitrogens is 1. The van der Waals surface area contributed by atoms with Crippen LogP contribution in [0.4, 0.5) is 14.6 Å². The number of benzene rings is 1. The van der Waals surface area contributed by atoms with Crippen molar-refractivity contribution in [1.82, 2.24) is 9.88 Å². The van der Waals surface area contributed by atoms with E-state index in [2.05, 4.69) is 22.2 Å². The Bertz CT molecular complexity index is 699. The fourth-order valence-electron chi connectivity index (χ4n) is 2.52. The molecule has 0 unspecified atom stereocenters. The van der Waals surface area contributed by atoms with Crippen LogP contribution in [-0.4, -0.2) is 49.5 Å². The van der Waals surface area contributed by atoms with E-state index in [4.69, 9.17) is 4.74 Å². The lowest BCUT2D eigenvalue weighted by Gasteiger charge is -2.28. The van der Waals surface area contributed by atoms with Crippen LogP contribution in [0.5, 0.6) is 5.88 Å². The van der Waals surface area contributed by atoms with Crippen LogP contribution in [0.3, 0.4) is 0 Å². The number of nitrogens with one attached hydrogen (secondary N) is 1. The van der Waals surface area contributed by atoms with Gasteiger partial charge in [0.2, 0.25) is 5.88 Å². The molecule has 2 aromatic rings. The van der Waals surface area contributed by atoms with Crippen molar-refractivity contribution in [2.45, 2.75) is 18.9 Å². The number of anilines is 1. The highest BCUT2D eigenvalue weighted by Crippen LogP contribution is 2.17. The summed E-state index contributed by atoms with van der Waals surface area (Å²) in [7, 11) is 4.01. The van der Waals surface area contributed by atoms with Gasteiger partial charge in [0.1, 0.15) is 23.6 Å². The third-order valence-corrected chi connectivity index (χ3v) is 4.05. The first-order valence-electron chi connectivity index (χ1n) is 8.42. The number of rotatable bonds is 4. The molecule has 1 fully saturated rings. The van der Waals surface area contributed by atoms with E-state index in [1.54, 1.807) is 0 Å². The Labute approximate surface area is 152 Å². The maximum absolute atomic E-state index is 12.4. The van der Waals surface area contributed by atoms with Gasteiger partial charge in [0, 0.05) is 26.2 Å². The summed E-state index contributed by atoms with van der Waals surface area (Å²) in [5, 5.41) is 3.01. The number of pyridine rings is 1. The number of hydrogen-bond donors (Lipinski definition) is 1. The van der Waals surface area contributed by atoms with Crippen LogP contribution < -0.4 is 10.1 Å². The number of carbonyl (C=O) groups excluding carboxylic acids is 1. The van der Waals surface area contributed by atoms with Crippen molar-refractivity contribution in [3.63, 3.8) is 0 Å². The average molecular weight is 363 g/mol. The average Bonchev–Trinajstić information content (AvgIpc) is 2.65. The summed E-state index contributed by atoms with van der Waals surface area (Å²) in [4.78, 5) is 16.7. The Hall–Kier alpha value is -2.54. The van der Waals surface area contributed by atoms with E-state index >= 15 is 0 Å². The largest absolute Gasteiger partial charge is 0.474 e. The predicted octanol–water partition coefficient (Wildman–Crippen LogP) is 3.37. The predicted molar refractivity (Wildman–Crippen MR) is 96.7 cm³/mol. The third-order valence-electron chi connectivity index (χ3n) is 4.05. The molecule has 7 heteroatoms. The molecule has 2 heterocycles. The minimum Gasteiger partial charge on any atom is -0.474 e. The number of likely N-dealkylation sites (tertiary alicyclic amines) is 1. The molecule has 1 aromatic carbocycles. The van der Waals surface area contributed by atoms with E-state index in [1.807, 2.05) is 25.2 Å². The molecule has 5 nitrogen and oxygen atoms in total. The molecular weight excluding hydrogens is 340 g/mol. The first-order chi connectivity index (χ1) is 12.5. The molecule has 0 saturated carbocycles. The van der Waals surface area contributed by atoms with E-state index in [0.29, 0.717) is 6.10 Å². The molecule has 0 spiro atoms. The van der Waals surface area contributed by atoms with Crippen molar-refractivity contribution in [3.05, 3.63) is 53.6 Å². The molecule has 26 heavy (non-hydrogen) atoms. The van der Waals surface area contributed by atoms with Crippen LogP contribution in [0.15, 0.2) is 36.4 Å². The zero-order valence-corrected chi connectivity index (χ0v) is 14.9. The van der Waals surface area contributed by atoms with Gasteiger partial charge in [-0.2, -0.15) is 4.98 Å². The highest BCUT2D eigenvalue weighted by atomic mass is 19.1. The standard InChI is InChI=1S/C12H19N3O.C7H4F2O/c1-13-11-4-3-5-12(14-11)16-10-6-8-15(2)9-7-10;8-6-2-1-3-7(9)5(6)4-10/h3-5,10H,6-9H2,1-2H3,(H,13,14);1-4H. The van der Waals surface area contributed by atoms with Crippen molar-refractivity contribution < 1.29 is 18.3 Å². The maximum Gasteiger partial charge on any atom is 0.215 e. The molecule has 3 rings (SSSR count). The molecule has 1 aliphatic rings. The summed E-state index contributed by atoms with van der Waals surface area (Å²) in [5.41, 5.74) is -0.512. The summed E-state index contributed by atoms with van der Waals surface area (Å²) in [6.07, 6.45) is 2.64. The second-order valence-corrected chi connectivity index (χ2v) is 5.98. The van der Waals surface area contributed by atoms with E-state index < -0.39 is 17.2 Å². The van der Waals surface area contributed by atoms with E-state index in [1.165, 1.54) is 6.07 Å². The number of nitrogens with zero attached hydrogens (tertiary/aromatic N) is 2. The van der Waals surface area contributed by atoms with E-state index in [0.717, 1.165) is 49.8 Å². The molecule has 1 N–H and O–H groups in total. The lowest BCUT2D eigenvalue weighted by atomic mass is 10.1. The molecule has 0 bridgehead atoms. The Morgan fingerprint density at radius 3 is 2.31 bits per heavy atom. The van der Waals surface area contributed by atoms with Crippen LogP contribution in [0.1, 0.15) is 23.2 Å². The van der Waals surface area contributed by atoms with Gasteiger partial charge < -0.3 is 15.0 Å². The Morgan fingerprint density at radius 2 is 1.77 bits per heavy atom. The van der Waals surface area contributed by atoms with Crippen molar-refractivity contribution in [2.75, 3.05) is 32.5 Å². The number of aldehydes is 1. The highest BCUT2D eigenvalue weighted by Gasteiger charge is 2.18. The quantitative estimate of drug-likeness (QED) is 0.844. The molecule has 1 saturated heterocycles. The SMILES string of the molecule is CNc1cccc(OC2CCN(C)CC2)n1.O=Cc1c(F)cccc1F. The van der Waals surface area contributed by atoms with Crippen LogP contribution in [0.2, 0.25) is 0 Å². The summed E-state index contributed by atoms with van der Waals surface area (Å²) < 4.78 is 30.6. The number of piperidine rings is 1. The van der Waals surface area contributed by atoms with E-state index in [-0.39, 0.29) is 6.29 Å². The van der Waals surface area contributed by atoms with Gasteiger partial charge in [-0.15, -0.1) is 0 Å². The van der Waals surface area contributed by atoms with Gasteiger partial charge in [-0.1, -0.05) is 12.1 Å². The second kappa shape index (κ2) is 9.82. The monoisotopic (exact) mass is 363 g/mol. The van der Waals surface area contributed by atoms with Gasteiger partial charge in [-0.05, 0) is 38.1 Å². The van der Waals surface area contributed by atoms with Crippen molar-refractivity contribution in [3.8, 4) is 5.88 Å². The summed E-state index contributed by atoms with van der Waals surface area (Å²) in [5.74, 6) is -0.0724. The van der Waals surface area contributed by atoms with Crippen molar-refractivity contribution >= 4 is 12.1 Å². The first kappa shape index (κ1) is 19.8. The normalized spacial score (nSPS) is 14.9. The van der Waals surface area contributed by atoms with Crippen LogP contribution in [0.25, 0.3) is 0 Å². The van der Waals surface area contributed by atoms with Crippen LogP contribution in [-0.2, 0) is 0 Å². The zero-order valence-electron chi connectivity index (χ0n) is 14.9. The number of hydrogen-bond acceptors (Lipinski definition) is 5. The van der Waals surface area contributed by atoms with Gasteiger partial charge in [-0.3, -0.25) is 4.79 Å². The van der Waals surface area contributed by atoms with Gasteiger partial charge in [0.15, 0.2) is 6.29 Å². The molecule has 1 aromatic heterocycles. The third kappa shape index (κ3) is 5.77. The number of ether oxygens (including phenoxy) is 1. The number of carbonyl (C=O) groups is 1. The molecule has 0 aliphatic carbocycles. The maximum atomic E-state index is 12.4. The van der Waals surface area contributed by atoms with Gasteiger partial charge in [0.25, 0.3) is 0 Å². The van der Waals surface area contributed by atoms with Crippen molar-refractivity contribution in [1.29, 1.82) is 0 Å². The lowest BCUT2D eigenvalue weighted by molar-refractivity contribution is 0.110. The van der Waals surface area contributed by atoms with Crippen molar-refractivity contribution in [2.24, 2.45) is 0 Å². The fourth-order valence-corrected chi connectivity index (χ4v) is 2.52. The zero-order chi connectivity index (χ0) is 18.9. The second-order valence-electron chi connectivity index (χ2n) is 5.98. The lowest BCUT2D eigenvalue weighted by Crippen LogP contribution is -2.35. The molecule has 1 aliphatic heterocycles.